The summed E-state index contributed by atoms with van der Waals surface area (Å²) in [5.41, 5.74) is 1.57. The first-order valence-electron chi connectivity index (χ1n) is 6.41. The average Bonchev–Trinajstić information content (AvgIpc) is 2.32. The minimum atomic E-state index is -0.244. The van der Waals surface area contributed by atoms with Crippen LogP contribution >= 0.6 is 0 Å². The van der Waals surface area contributed by atoms with Crippen LogP contribution in [0, 0.1) is 6.92 Å². The lowest BCUT2D eigenvalue weighted by Gasteiger charge is -2.44. The lowest BCUT2D eigenvalue weighted by molar-refractivity contribution is -0.0756. The van der Waals surface area contributed by atoms with Gasteiger partial charge in [-0.2, -0.15) is 0 Å². The molecule has 1 unspecified atom stereocenters. The SMILES string of the molecule is Cc1ccccc1C(=O)N1CC(C)OCC1(C)C. The Morgan fingerprint density at radius 2 is 2.06 bits per heavy atom. The van der Waals surface area contributed by atoms with Crippen molar-refractivity contribution in [1.82, 2.24) is 4.90 Å². The second kappa shape index (κ2) is 4.73. The van der Waals surface area contributed by atoms with E-state index in [2.05, 4.69) is 13.8 Å². The van der Waals surface area contributed by atoms with Gasteiger partial charge in [0.1, 0.15) is 0 Å². The summed E-state index contributed by atoms with van der Waals surface area (Å²) in [5.74, 6) is 0.105. The first kappa shape index (κ1) is 13.1. The summed E-state index contributed by atoms with van der Waals surface area (Å²) < 4.78 is 5.65. The van der Waals surface area contributed by atoms with Gasteiger partial charge in [-0.15, -0.1) is 0 Å². The maximum absolute atomic E-state index is 12.7. The van der Waals surface area contributed by atoms with E-state index in [-0.39, 0.29) is 17.6 Å². The summed E-state index contributed by atoms with van der Waals surface area (Å²) in [5, 5.41) is 0. The number of benzene rings is 1. The van der Waals surface area contributed by atoms with Gasteiger partial charge in [-0.3, -0.25) is 4.79 Å². The minimum Gasteiger partial charge on any atom is -0.374 e. The Balaban J connectivity index is 2.30. The molecule has 3 nitrogen and oxygen atoms in total. The van der Waals surface area contributed by atoms with Gasteiger partial charge in [0.05, 0.1) is 18.2 Å². The predicted molar refractivity (Wildman–Crippen MR) is 71.7 cm³/mol. The molecule has 1 aromatic rings. The van der Waals surface area contributed by atoms with Crippen molar-refractivity contribution < 1.29 is 9.53 Å². The largest absolute Gasteiger partial charge is 0.374 e. The molecule has 98 valence electrons. The van der Waals surface area contributed by atoms with Crippen molar-refractivity contribution in [1.29, 1.82) is 0 Å². The molecule has 3 heteroatoms. The Kier molecular flexibility index (Phi) is 3.44. The molecule has 0 bridgehead atoms. The Morgan fingerprint density at radius 1 is 1.39 bits per heavy atom. The smallest absolute Gasteiger partial charge is 0.254 e. The predicted octanol–water partition coefficient (Wildman–Crippen LogP) is 2.63. The molecular formula is C15H21NO2. The van der Waals surface area contributed by atoms with Crippen molar-refractivity contribution >= 4 is 5.91 Å². The number of carbonyl (C=O) groups is 1. The molecule has 1 saturated heterocycles. The molecular weight excluding hydrogens is 226 g/mol. The van der Waals surface area contributed by atoms with Crippen LogP contribution < -0.4 is 0 Å². The fourth-order valence-corrected chi connectivity index (χ4v) is 2.30. The molecule has 0 radical (unpaired) electrons. The van der Waals surface area contributed by atoms with Crippen LogP contribution in [0.2, 0.25) is 0 Å². The van der Waals surface area contributed by atoms with E-state index in [0.717, 1.165) is 11.1 Å². The monoisotopic (exact) mass is 247 g/mol. The van der Waals surface area contributed by atoms with E-state index in [1.165, 1.54) is 0 Å². The number of hydrogen-bond acceptors (Lipinski definition) is 2. The van der Waals surface area contributed by atoms with Crippen molar-refractivity contribution in [3.8, 4) is 0 Å². The normalized spacial score (nSPS) is 22.9. The van der Waals surface area contributed by atoms with Gasteiger partial charge in [0.2, 0.25) is 0 Å². The Labute approximate surface area is 109 Å². The maximum Gasteiger partial charge on any atom is 0.254 e. The molecule has 1 heterocycles. The van der Waals surface area contributed by atoms with Gasteiger partial charge < -0.3 is 9.64 Å². The topological polar surface area (TPSA) is 29.5 Å². The molecule has 1 aliphatic heterocycles. The lowest BCUT2D eigenvalue weighted by Crippen LogP contribution is -2.57. The van der Waals surface area contributed by atoms with Crippen molar-refractivity contribution in [2.24, 2.45) is 0 Å². The second-order valence-electron chi connectivity index (χ2n) is 5.66. The number of amides is 1. The molecule has 0 aromatic heterocycles. The number of carbonyl (C=O) groups excluding carboxylic acids is 1. The summed E-state index contributed by atoms with van der Waals surface area (Å²) in [4.78, 5) is 14.6. The number of nitrogens with zero attached hydrogens (tertiary/aromatic N) is 1. The van der Waals surface area contributed by atoms with Gasteiger partial charge in [0.25, 0.3) is 5.91 Å². The first-order valence-corrected chi connectivity index (χ1v) is 6.41. The van der Waals surface area contributed by atoms with Crippen molar-refractivity contribution in [2.75, 3.05) is 13.2 Å². The average molecular weight is 247 g/mol. The maximum atomic E-state index is 12.7. The molecule has 0 N–H and O–H groups in total. The van der Waals surface area contributed by atoms with E-state index in [1.54, 1.807) is 0 Å². The highest BCUT2D eigenvalue weighted by Gasteiger charge is 2.37. The highest BCUT2D eigenvalue weighted by Crippen LogP contribution is 2.25. The molecule has 18 heavy (non-hydrogen) atoms. The van der Waals surface area contributed by atoms with Crippen LogP contribution in [0.1, 0.15) is 36.7 Å². The zero-order valence-electron chi connectivity index (χ0n) is 11.6. The van der Waals surface area contributed by atoms with E-state index in [1.807, 2.05) is 43.0 Å². The van der Waals surface area contributed by atoms with E-state index < -0.39 is 0 Å². The minimum absolute atomic E-state index is 0.103. The standard InChI is InChI=1S/C15H21NO2/c1-11-7-5-6-8-13(11)14(17)16-9-12(2)18-10-15(16,3)4/h5-8,12H,9-10H2,1-4H3. The van der Waals surface area contributed by atoms with Crippen LogP contribution in [0.3, 0.4) is 0 Å². The van der Waals surface area contributed by atoms with Gasteiger partial charge >= 0.3 is 0 Å². The van der Waals surface area contributed by atoms with Crippen molar-refractivity contribution in [3.63, 3.8) is 0 Å². The number of morpholine rings is 1. The van der Waals surface area contributed by atoms with Crippen LogP contribution in [0.4, 0.5) is 0 Å². The molecule has 1 aromatic carbocycles. The number of ether oxygens (including phenoxy) is 1. The Hall–Kier alpha value is -1.35. The first-order chi connectivity index (χ1) is 8.42. The fraction of sp³-hybridized carbons (Fsp3) is 0.533. The zero-order valence-corrected chi connectivity index (χ0v) is 11.6. The molecule has 1 amide bonds. The van der Waals surface area contributed by atoms with Crippen LogP contribution in [-0.4, -0.2) is 35.6 Å². The van der Waals surface area contributed by atoms with E-state index in [4.69, 9.17) is 4.74 Å². The van der Waals surface area contributed by atoms with Gasteiger partial charge in [0.15, 0.2) is 0 Å². The number of aryl methyl sites for hydroxylation is 1. The summed E-state index contributed by atoms with van der Waals surface area (Å²) in [6, 6.07) is 7.74. The van der Waals surface area contributed by atoms with Crippen LogP contribution in [0.15, 0.2) is 24.3 Å². The molecule has 0 saturated carbocycles. The fourth-order valence-electron chi connectivity index (χ4n) is 2.30. The second-order valence-corrected chi connectivity index (χ2v) is 5.66. The summed E-state index contributed by atoms with van der Waals surface area (Å²) in [6.45, 7) is 9.33. The van der Waals surface area contributed by atoms with E-state index in [0.29, 0.717) is 13.2 Å². The van der Waals surface area contributed by atoms with E-state index in [9.17, 15) is 4.79 Å². The molecule has 1 aliphatic rings. The van der Waals surface area contributed by atoms with Gasteiger partial charge in [-0.25, -0.2) is 0 Å². The van der Waals surface area contributed by atoms with Crippen molar-refractivity contribution in [2.45, 2.75) is 39.3 Å². The lowest BCUT2D eigenvalue weighted by atomic mass is 9.98. The molecule has 0 aliphatic carbocycles. The number of hydrogen-bond donors (Lipinski definition) is 0. The van der Waals surface area contributed by atoms with Gasteiger partial charge in [0, 0.05) is 12.1 Å². The number of rotatable bonds is 1. The summed E-state index contributed by atoms with van der Waals surface area (Å²) in [7, 11) is 0. The third-order valence-electron chi connectivity index (χ3n) is 3.51. The molecule has 1 fully saturated rings. The third kappa shape index (κ3) is 2.41. The van der Waals surface area contributed by atoms with Crippen molar-refractivity contribution in [3.05, 3.63) is 35.4 Å². The Morgan fingerprint density at radius 3 is 2.72 bits per heavy atom. The Bertz CT molecular complexity index is 454. The summed E-state index contributed by atoms with van der Waals surface area (Å²) >= 11 is 0. The van der Waals surface area contributed by atoms with Gasteiger partial charge in [-0.05, 0) is 39.3 Å². The summed E-state index contributed by atoms with van der Waals surface area (Å²) in [6.07, 6.45) is 0.103. The highest BCUT2D eigenvalue weighted by atomic mass is 16.5. The van der Waals surface area contributed by atoms with E-state index >= 15 is 0 Å². The molecule has 0 spiro atoms. The van der Waals surface area contributed by atoms with Crippen LogP contribution in [0.5, 0.6) is 0 Å². The molecule has 1 atom stereocenters. The quantitative estimate of drug-likeness (QED) is 0.763. The third-order valence-corrected chi connectivity index (χ3v) is 3.51. The van der Waals surface area contributed by atoms with Crippen LogP contribution in [0.25, 0.3) is 0 Å². The van der Waals surface area contributed by atoms with Gasteiger partial charge in [-0.1, -0.05) is 18.2 Å². The highest BCUT2D eigenvalue weighted by molar-refractivity contribution is 5.96. The molecule has 2 rings (SSSR count). The van der Waals surface area contributed by atoms with Crippen LogP contribution in [-0.2, 0) is 4.74 Å². The zero-order chi connectivity index (χ0) is 13.3.